The Bertz CT molecular complexity index is 1190. The summed E-state index contributed by atoms with van der Waals surface area (Å²) in [7, 11) is 0. The molecular weight excluding hydrogens is 455 g/mol. The fourth-order valence-corrected chi connectivity index (χ4v) is 4.69. The molecule has 1 amide bonds. The molecule has 0 saturated heterocycles. The van der Waals surface area contributed by atoms with Crippen LogP contribution in [0, 0.1) is 0 Å². The molecule has 2 heterocycles. The van der Waals surface area contributed by atoms with Gasteiger partial charge in [0.2, 0.25) is 0 Å². The van der Waals surface area contributed by atoms with E-state index in [9.17, 15) is 18.0 Å². The van der Waals surface area contributed by atoms with Gasteiger partial charge >= 0.3 is 6.18 Å². The molecule has 1 saturated carbocycles. The fourth-order valence-electron chi connectivity index (χ4n) is 3.95. The summed E-state index contributed by atoms with van der Waals surface area (Å²) in [5.74, 6) is 0.200. The van der Waals surface area contributed by atoms with Crippen LogP contribution < -0.4 is 20.1 Å². The maximum Gasteiger partial charge on any atom is 0.420 e. The number of carbonyl (C=O) groups is 1. The largest absolute Gasteiger partial charge is 0.490 e. The van der Waals surface area contributed by atoms with Crippen molar-refractivity contribution < 1.29 is 27.4 Å². The zero-order chi connectivity index (χ0) is 23.0. The number of thiazole rings is 1. The van der Waals surface area contributed by atoms with Crippen LogP contribution in [-0.4, -0.2) is 23.6 Å². The van der Waals surface area contributed by atoms with E-state index < -0.39 is 11.7 Å². The second-order valence-electron chi connectivity index (χ2n) is 7.94. The first-order chi connectivity index (χ1) is 15.8. The minimum atomic E-state index is -4.53. The molecule has 5 rings (SSSR count). The van der Waals surface area contributed by atoms with E-state index in [-0.39, 0.29) is 30.1 Å². The molecule has 0 bridgehead atoms. The Morgan fingerprint density at radius 2 is 1.97 bits per heavy atom. The molecule has 1 aliphatic carbocycles. The molecule has 0 spiro atoms. The fraction of sp³-hybridized carbons (Fsp3) is 0.304. The number of rotatable bonds is 5. The van der Waals surface area contributed by atoms with Crippen molar-refractivity contribution in [2.24, 2.45) is 0 Å². The van der Waals surface area contributed by atoms with Crippen molar-refractivity contribution >= 4 is 33.8 Å². The lowest BCUT2D eigenvalue weighted by molar-refractivity contribution is -0.139. The van der Waals surface area contributed by atoms with E-state index >= 15 is 0 Å². The first kappa shape index (κ1) is 21.6. The van der Waals surface area contributed by atoms with E-state index in [4.69, 9.17) is 9.47 Å². The number of alkyl halides is 3. The number of amides is 1. The van der Waals surface area contributed by atoms with E-state index in [2.05, 4.69) is 15.6 Å². The van der Waals surface area contributed by atoms with Gasteiger partial charge in [0.05, 0.1) is 23.0 Å². The average molecular weight is 475 g/mol. The van der Waals surface area contributed by atoms with Crippen LogP contribution in [0.25, 0.3) is 11.3 Å². The highest BCUT2D eigenvalue weighted by Gasteiger charge is 2.35. The molecule has 2 aliphatic rings. The lowest BCUT2D eigenvalue weighted by atomic mass is 10.1. The smallest absolute Gasteiger partial charge is 0.420 e. The van der Waals surface area contributed by atoms with Gasteiger partial charge in [-0.15, -0.1) is 11.3 Å². The van der Waals surface area contributed by atoms with Gasteiger partial charge in [-0.3, -0.25) is 4.79 Å². The summed E-state index contributed by atoms with van der Waals surface area (Å²) in [6.45, 7) is -0.0263. The number of aromatic nitrogens is 1. The summed E-state index contributed by atoms with van der Waals surface area (Å²) in [4.78, 5) is 16.0. The predicted octanol–water partition coefficient (Wildman–Crippen LogP) is 6.22. The summed E-state index contributed by atoms with van der Waals surface area (Å²) >= 11 is 1.27. The second kappa shape index (κ2) is 8.58. The zero-order valence-electron chi connectivity index (χ0n) is 17.4. The first-order valence-electron chi connectivity index (χ1n) is 10.5. The van der Waals surface area contributed by atoms with Gasteiger partial charge in [-0.1, -0.05) is 0 Å². The molecule has 6 nitrogen and oxygen atoms in total. The number of hydrogen-bond donors (Lipinski definition) is 2. The van der Waals surface area contributed by atoms with Crippen molar-refractivity contribution in [2.75, 3.05) is 17.2 Å². The summed E-state index contributed by atoms with van der Waals surface area (Å²) < 4.78 is 52.0. The standard InChI is InChI=1S/C23H20F3N3O3S/c24-23(25,26)16-10-14(6-8-19(16)32-15-3-1-2-4-15)27-22-29-18(12-33-22)13-5-7-20-17(9-13)28-21(30)11-31-20/h5-10,12,15H,1-4,11H2,(H,27,29)(H,28,30). The normalized spacial score (nSPS) is 16.2. The molecule has 3 aromatic rings. The van der Waals surface area contributed by atoms with E-state index in [1.807, 2.05) is 6.07 Å². The van der Waals surface area contributed by atoms with Crippen LogP contribution in [0.1, 0.15) is 31.2 Å². The van der Waals surface area contributed by atoms with Gasteiger partial charge in [-0.2, -0.15) is 13.2 Å². The lowest BCUT2D eigenvalue weighted by Gasteiger charge is -2.19. The van der Waals surface area contributed by atoms with Crippen molar-refractivity contribution in [3.05, 3.63) is 47.3 Å². The third-order valence-corrected chi connectivity index (χ3v) is 6.30. The Balaban J connectivity index is 1.36. The van der Waals surface area contributed by atoms with Gasteiger partial charge in [-0.05, 0) is 62.1 Å². The Labute approximate surface area is 191 Å². The van der Waals surface area contributed by atoms with Crippen LogP contribution in [0.15, 0.2) is 41.8 Å². The Hall–Kier alpha value is -3.27. The van der Waals surface area contributed by atoms with Gasteiger partial charge < -0.3 is 20.1 Å². The van der Waals surface area contributed by atoms with Crippen molar-refractivity contribution in [1.29, 1.82) is 0 Å². The number of benzene rings is 2. The van der Waals surface area contributed by atoms with Crippen LogP contribution in [0.4, 0.5) is 29.7 Å². The van der Waals surface area contributed by atoms with E-state index in [1.54, 1.807) is 23.6 Å². The quantitative estimate of drug-likeness (QED) is 0.458. The number of carbonyl (C=O) groups excluding carboxylic acids is 1. The monoisotopic (exact) mass is 475 g/mol. The highest BCUT2D eigenvalue weighted by atomic mass is 32.1. The number of ether oxygens (including phenoxy) is 2. The van der Waals surface area contributed by atoms with Crippen LogP contribution in [0.3, 0.4) is 0 Å². The summed E-state index contributed by atoms with van der Waals surface area (Å²) in [5.41, 5.74) is 1.40. The van der Waals surface area contributed by atoms with Crippen LogP contribution >= 0.6 is 11.3 Å². The lowest BCUT2D eigenvalue weighted by Crippen LogP contribution is -2.25. The minimum Gasteiger partial charge on any atom is -0.490 e. The van der Waals surface area contributed by atoms with Gasteiger partial charge in [0.1, 0.15) is 11.5 Å². The number of anilines is 3. The van der Waals surface area contributed by atoms with Crippen molar-refractivity contribution in [3.8, 4) is 22.8 Å². The molecule has 2 N–H and O–H groups in total. The molecule has 0 unspecified atom stereocenters. The summed E-state index contributed by atoms with van der Waals surface area (Å²) in [6, 6.07) is 9.29. The molecule has 0 atom stereocenters. The molecule has 0 radical (unpaired) electrons. The maximum absolute atomic E-state index is 13.7. The maximum atomic E-state index is 13.7. The number of nitrogens with one attached hydrogen (secondary N) is 2. The molecule has 1 aliphatic heterocycles. The van der Waals surface area contributed by atoms with Crippen molar-refractivity contribution in [3.63, 3.8) is 0 Å². The Morgan fingerprint density at radius 3 is 2.76 bits per heavy atom. The van der Waals surface area contributed by atoms with E-state index in [0.717, 1.165) is 37.3 Å². The third-order valence-electron chi connectivity index (χ3n) is 5.54. The summed E-state index contributed by atoms with van der Waals surface area (Å²) in [6.07, 6.45) is -1.20. The average Bonchev–Trinajstić information content (AvgIpc) is 3.46. The third kappa shape index (κ3) is 4.75. The number of fused-ring (bicyclic) bond motifs is 1. The second-order valence-corrected chi connectivity index (χ2v) is 8.80. The van der Waals surface area contributed by atoms with Crippen LogP contribution in [0.5, 0.6) is 11.5 Å². The Kier molecular flexibility index (Phi) is 5.61. The van der Waals surface area contributed by atoms with Crippen LogP contribution in [-0.2, 0) is 11.0 Å². The number of halogens is 3. The molecule has 10 heteroatoms. The molecule has 33 heavy (non-hydrogen) atoms. The highest BCUT2D eigenvalue weighted by molar-refractivity contribution is 7.14. The molecule has 1 fully saturated rings. The van der Waals surface area contributed by atoms with Gasteiger partial charge in [0.25, 0.3) is 5.91 Å². The van der Waals surface area contributed by atoms with Gasteiger partial charge in [-0.25, -0.2) is 4.98 Å². The zero-order valence-corrected chi connectivity index (χ0v) is 18.2. The summed E-state index contributed by atoms with van der Waals surface area (Å²) in [5, 5.41) is 7.93. The highest BCUT2D eigenvalue weighted by Crippen LogP contribution is 2.40. The van der Waals surface area contributed by atoms with Gasteiger partial charge in [0.15, 0.2) is 11.7 Å². The van der Waals surface area contributed by atoms with E-state index in [1.165, 1.54) is 17.4 Å². The topological polar surface area (TPSA) is 72.5 Å². The van der Waals surface area contributed by atoms with E-state index in [0.29, 0.717) is 22.3 Å². The van der Waals surface area contributed by atoms with Crippen molar-refractivity contribution in [1.82, 2.24) is 4.98 Å². The number of hydrogen-bond acceptors (Lipinski definition) is 6. The number of nitrogens with zero attached hydrogens (tertiary/aromatic N) is 1. The Morgan fingerprint density at radius 1 is 1.15 bits per heavy atom. The molecular formula is C23H20F3N3O3S. The molecule has 2 aromatic carbocycles. The predicted molar refractivity (Wildman–Crippen MR) is 119 cm³/mol. The van der Waals surface area contributed by atoms with Crippen molar-refractivity contribution in [2.45, 2.75) is 38.0 Å². The first-order valence-corrected chi connectivity index (χ1v) is 11.4. The van der Waals surface area contributed by atoms with Crippen LogP contribution in [0.2, 0.25) is 0 Å². The SMILES string of the molecule is O=C1COc2ccc(-c3csc(Nc4ccc(OC5CCCC5)c(C(F)(F)F)c4)n3)cc2N1. The molecule has 1 aromatic heterocycles. The van der Waals surface area contributed by atoms with Gasteiger partial charge in [0, 0.05) is 16.6 Å². The molecule has 172 valence electrons. The minimum absolute atomic E-state index is 0.0263.